The molecule has 1 aromatic heterocycles. The van der Waals surface area contributed by atoms with Gasteiger partial charge >= 0.3 is 0 Å². The van der Waals surface area contributed by atoms with Crippen LogP contribution < -0.4 is 10.6 Å². The van der Waals surface area contributed by atoms with E-state index in [-0.39, 0.29) is 5.82 Å². The molecule has 2 rings (SSSR count). The molecule has 0 saturated heterocycles. The van der Waals surface area contributed by atoms with Crippen LogP contribution in [0.2, 0.25) is 0 Å². The van der Waals surface area contributed by atoms with Crippen molar-refractivity contribution in [2.75, 3.05) is 17.2 Å². The van der Waals surface area contributed by atoms with Crippen molar-refractivity contribution in [3.8, 4) is 0 Å². The van der Waals surface area contributed by atoms with Crippen LogP contribution in [0.25, 0.3) is 0 Å². The first-order valence-electron chi connectivity index (χ1n) is 7.75. The van der Waals surface area contributed by atoms with E-state index in [1.165, 1.54) is 25.0 Å². The zero-order valence-electron chi connectivity index (χ0n) is 13.2. The van der Waals surface area contributed by atoms with Crippen molar-refractivity contribution >= 4 is 11.6 Å². The van der Waals surface area contributed by atoms with E-state index >= 15 is 0 Å². The molecular formula is C17H23FN4. The summed E-state index contributed by atoms with van der Waals surface area (Å²) in [6.45, 7) is 5.58. The van der Waals surface area contributed by atoms with E-state index in [1.807, 2.05) is 13.0 Å². The number of hydrogen-bond acceptors (Lipinski definition) is 4. The third kappa shape index (κ3) is 5.31. The zero-order chi connectivity index (χ0) is 15.8. The van der Waals surface area contributed by atoms with Gasteiger partial charge in [0.15, 0.2) is 0 Å². The first kappa shape index (κ1) is 16.2. The minimum absolute atomic E-state index is 0.222. The maximum atomic E-state index is 12.9. The molecule has 0 unspecified atom stereocenters. The first-order valence-corrected chi connectivity index (χ1v) is 7.75. The van der Waals surface area contributed by atoms with E-state index in [4.69, 9.17) is 0 Å². The normalized spacial score (nSPS) is 10.5. The van der Waals surface area contributed by atoms with Gasteiger partial charge in [-0.25, -0.2) is 14.4 Å². The fraction of sp³-hybridized carbons (Fsp3) is 0.412. The number of hydrogen-bond donors (Lipinski definition) is 2. The van der Waals surface area contributed by atoms with Crippen LogP contribution in [0.15, 0.2) is 30.3 Å². The average Bonchev–Trinajstić information content (AvgIpc) is 2.51. The second kappa shape index (κ2) is 8.32. The number of halogens is 1. The molecule has 4 nitrogen and oxygen atoms in total. The summed E-state index contributed by atoms with van der Waals surface area (Å²) in [7, 11) is 0. The van der Waals surface area contributed by atoms with Crippen LogP contribution in [0.5, 0.6) is 0 Å². The summed E-state index contributed by atoms with van der Waals surface area (Å²) in [5.74, 6) is 2.11. The maximum absolute atomic E-state index is 12.9. The summed E-state index contributed by atoms with van der Waals surface area (Å²) >= 11 is 0. The molecule has 1 heterocycles. The Bertz CT molecular complexity index is 584. The lowest BCUT2D eigenvalue weighted by Gasteiger charge is -2.10. The number of unbranched alkanes of at least 4 members (excludes halogenated alkanes) is 2. The fourth-order valence-electron chi connectivity index (χ4n) is 2.14. The number of aryl methyl sites for hydroxylation is 1. The molecule has 0 atom stereocenters. The van der Waals surface area contributed by atoms with Crippen molar-refractivity contribution in [2.45, 2.75) is 39.7 Å². The predicted octanol–water partition coefficient (Wildman–Crippen LogP) is 4.14. The summed E-state index contributed by atoms with van der Waals surface area (Å²) in [6.07, 6.45) is 3.56. The molecule has 0 aliphatic rings. The molecule has 2 N–H and O–H groups in total. The van der Waals surface area contributed by atoms with E-state index < -0.39 is 0 Å². The fourth-order valence-corrected chi connectivity index (χ4v) is 2.14. The summed E-state index contributed by atoms with van der Waals surface area (Å²) in [5.41, 5.74) is 1.01. The van der Waals surface area contributed by atoms with Gasteiger partial charge in [-0.15, -0.1) is 0 Å². The van der Waals surface area contributed by atoms with Crippen molar-refractivity contribution in [3.05, 3.63) is 47.5 Å². The van der Waals surface area contributed by atoms with E-state index in [0.717, 1.165) is 36.0 Å². The van der Waals surface area contributed by atoms with Gasteiger partial charge in [0.05, 0.1) is 0 Å². The minimum Gasteiger partial charge on any atom is -0.370 e. The van der Waals surface area contributed by atoms with Gasteiger partial charge in [0, 0.05) is 19.2 Å². The van der Waals surface area contributed by atoms with Crippen molar-refractivity contribution in [1.82, 2.24) is 9.97 Å². The van der Waals surface area contributed by atoms with Gasteiger partial charge in [0.1, 0.15) is 23.3 Å². The number of nitrogens with zero attached hydrogens (tertiary/aromatic N) is 2. The van der Waals surface area contributed by atoms with Gasteiger partial charge < -0.3 is 10.6 Å². The molecule has 0 saturated carbocycles. The lowest BCUT2D eigenvalue weighted by atomic mass is 10.2. The van der Waals surface area contributed by atoms with Crippen molar-refractivity contribution < 1.29 is 4.39 Å². The molecule has 1 aromatic carbocycles. The molecule has 0 radical (unpaired) electrons. The van der Waals surface area contributed by atoms with E-state index in [9.17, 15) is 4.39 Å². The van der Waals surface area contributed by atoms with Gasteiger partial charge in [-0.2, -0.15) is 0 Å². The maximum Gasteiger partial charge on any atom is 0.132 e. The molecule has 118 valence electrons. The molecule has 2 aromatic rings. The number of nitrogens with one attached hydrogen (secondary N) is 2. The largest absolute Gasteiger partial charge is 0.370 e. The SMILES string of the molecule is CCCCCNc1cc(NCc2ccc(F)cc2)nc(C)n1. The van der Waals surface area contributed by atoms with Gasteiger partial charge in [-0.05, 0) is 31.0 Å². The van der Waals surface area contributed by atoms with Crippen molar-refractivity contribution in [3.63, 3.8) is 0 Å². The summed E-state index contributed by atoms with van der Waals surface area (Å²) in [6, 6.07) is 8.36. The Morgan fingerprint density at radius 1 is 1.00 bits per heavy atom. The standard InChI is InChI=1S/C17H23FN4/c1-3-4-5-10-19-16-11-17(22-13(2)21-16)20-12-14-6-8-15(18)9-7-14/h6-9,11H,3-5,10,12H2,1-2H3,(H2,19,20,21,22). The quantitative estimate of drug-likeness (QED) is 0.720. The van der Waals surface area contributed by atoms with Crippen LogP contribution in [0.1, 0.15) is 37.6 Å². The summed E-state index contributed by atoms with van der Waals surface area (Å²) in [4.78, 5) is 8.76. The summed E-state index contributed by atoms with van der Waals surface area (Å²) < 4.78 is 12.9. The Morgan fingerprint density at radius 3 is 2.36 bits per heavy atom. The lowest BCUT2D eigenvalue weighted by molar-refractivity contribution is 0.627. The van der Waals surface area contributed by atoms with Crippen LogP contribution in [-0.4, -0.2) is 16.5 Å². The van der Waals surface area contributed by atoms with E-state index in [1.54, 1.807) is 12.1 Å². The van der Waals surface area contributed by atoms with Crippen LogP contribution in [0.3, 0.4) is 0 Å². The second-order valence-corrected chi connectivity index (χ2v) is 5.30. The molecule has 0 bridgehead atoms. The van der Waals surface area contributed by atoms with Crippen LogP contribution in [0.4, 0.5) is 16.0 Å². The second-order valence-electron chi connectivity index (χ2n) is 5.30. The Morgan fingerprint density at radius 2 is 1.68 bits per heavy atom. The third-order valence-electron chi connectivity index (χ3n) is 3.31. The predicted molar refractivity (Wildman–Crippen MR) is 88.5 cm³/mol. The highest BCUT2D eigenvalue weighted by atomic mass is 19.1. The third-order valence-corrected chi connectivity index (χ3v) is 3.31. The Hall–Kier alpha value is -2.17. The number of aromatic nitrogens is 2. The molecule has 0 aliphatic carbocycles. The highest BCUT2D eigenvalue weighted by Gasteiger charge is 2.02. The summed E-state index contributed by atoms with van der Waals surface area (Å²) in [5, 5.41) is 6.58. The van der Waals surface area contributed by atoms with Crippen molar-refractivity contribution in [2.24, 2.45) is 0 Å². The minimum atomic E-state index is -0.222. The monoisotopic (exact) mass is 302 g/mol. The van der Waals surface area contributed by atoms with Gasteiger partial charge in [0.25, 0.3) is 0 Å². The van der Waals surface area contributed by atoms with E-state index in [0.29, 0.717) is 6.54 Å². The topological polar surface area (TPSA) is 49.8 Å². The molecule has 0 fully saturated rings. The Kier molecular flexibility index (Phi) is 6.13. The molecule has 0 aliphatic heterocycles. The number of benzene rings is 1. The van der Waals surface area contributed by atoms with Crippen molar-refractivity contribution in [1.29, 1.82) is 0 Å². The molecule has 5 heteroatoms. The first-order chi connectivity index (χ1) is 10.7. The highest BCUT2D eigenvalue weighted by Crippen LogP contribution is 2.13. The van der Waals surface area contributed by atoms with Crippen LogP contribution >= 0.6 is 0 Å². The zero-order valence-corrected chi connectivity index (χ0v) is 13.2. The Balaban J connectivity index is 1.92. The molecule has 0 spiro atoms. The lowest BCUT2D eigenvalue weighted by Crippen LogP contribution is -2.08. The average molecular weight is 302 g/mol. The number of anilines is 2. The number of rotatable bonds is 8. The molecule has 22 heavy (non-hydrogen) atoms. The smallest absolute Gasteiger partial charge is 0.132 e. The van der Waals surface area contributed by atoms with Gasteiger partial charge in [-0.3, -0.25) is 0 Å². The highest BCUT2D eigenvalue weighted by molar-refractivity contribution is 5.47. The Labute approximate surface area is 131 Å². The van der Waals surface area contributed by atoms with Crippen LogP contribution in [0, 0.1) is 12.7 Å². The van der Waals surface area contributed by atoms with Gasteiger partial charge in [0.2, 0.25) is 0 Å². The molecular weight excluding hydrogens is 279 g/mol. The van der Waals surface area contributed by atoms with Gasteiger partial charge in [-0.1, -0.05) is 31.9 Å². The van der Waals surface area contributed by atoms with E-state index in [2.05, 4.69) is 27.5 Å². The molecule has 0 amide bonds. The van der Waals surface area contributed by atoms with Crippen LogP contribution in [-0.2, 0) is 6.54 Å².